The monoisotopic (exact) mass is 422 g/mol. The number of aromatic nitrogens is 2. The highest BCUT2D eigenvalue weighted by Gasteiger charge is 2.30. The molecular weight excluding hydrogens is 396 g/mol. The van der Waals surface area contributed by atoms with Gasteiger partial charge in [-0.1, -0.05) is 24.3 Å². The van der Waals surface area contributed by atoms with E-state index in [1.807, 2.05) is 31.2 Å². The number of fused-ring (bicyclic) bond motifs is 1. The number of rotatable bonds is 6. The second kappa shape index (κ2) is 9.28. The van der Waals surface area contributed by atoms with E-state index in [0.29, 0.717) is 31.0 Å². The van der Waals surface area contributed by atoms with Crippen LogP contribution in [0.5, 0.6) is 5.75 Å². The van der Waals surface area contributed by atoms with Crippen molar-refractivity contribution in [2.45, 2.75) is 25.4 Å². The Kier molecular flexibility index (Phi) is 6.29. The van der Waals surface area contributed by atoms with Gasteiger partial charge in [-0.25, -0.2) is 14.8 Å². The molecular formula is C23H26N4O4. The van der Waals surface area contributed by atoms with Gasteiger partial charge in [0.2, 0.25) is 0 Å². The van der Waals surface area contributed by atoms with Crippen LogP contribution >= 0.6 is 0 Å². The van der Waals surface area contributed by atoms with E-state index < -0.39 is 6.09 Å². The Bertz CT molecular complexity index is 1090. The maximum atomic E-state index is 12.0. The van der Waals surface area contributed by atoms with Gasteiger partial charge in [-0.15, -0.1) is 0 Å². The van der Waals surface area contributed by atoms with Crippen LogP contribution in [0.2, 0.25) is 0 Å². The summed E-state index contributed by atoms with van der Waals surface area (Å²) >= 11 is 0. The largest absolute Gasteiger partial charge is 0.507 e. The summed E-state index contributed by atoms with van der Waals surface area (Å²) in [6.45, 7) is 3.20. The maximum absolute atomic E-state index is 12.0. The lowest BCUT2D eigenvalue weighted by Gasteiger charge is -2.16. The molecule has 0 radical (unpaired) electrons. The minimum atomic E-state index is -0.456. The summed E-state index contributed by atoms with van der Waals surface area (Å²) in [6, 6.07) is 13.0. The van der Waals surface area contributed by atoms with Crippen molar-refractivity contribution in [3.63, 3.8) is 0 Å². The molecule has 1 amide bonds. The van der Waals surface area contributed by atoms with Gasteiger partial charge in [-0.3, -0.25) is 0 Å². The van der Waals surface area contributed by atoms with Crippen LogP contribution < -0.4 is 10.6 Å². The molecule has 0 saturated carbocycles. The summed E-state index contributed by atoms with van der Waals surface area (Å²) in [5.74, 6) is 0.613. The molecule has 162 valence electrons. The second-order valence-corrected chi connectivity index (χ2v) is 7.64. The molecule has 8 heteroatoms. The minimum Gasteiger partial charge on any atom is -0.507 e. The highest BCUT2D eigenvalue weighted by Crippen LogP contribution is 2.33. The summed E-state index contributed by atoms with van der Waals surface area (Å²) in [4.78, 5) is 21.5. The van der Waals surface area contributed by atoms with Gasteiger partial charge in [0.1, 0.15) is 12.4 Å². The molecule has 8 nitrogen and oxygen atoms in total. The van der Waals surface area contributed by atoms with E-state index in [0.717, 1.165) is 22.2 Å². The first-order valence-corrected chi connectivity index (χ1v) is 10.3. The van der Waals surface area contributed by atoms with Crippen molar-refractivity contribution < 1.29 is 19.4 Å². The Morgan fingerprint density at radius 1 is 1.23 bits per heavy atom. The van der Waals surface area contributed by atoms with Crippen molar-refractivity contribution in [3.8, 4) is 17.1 Å². The number of methoxy groups -OCH3 is 1. The van der Waals surface area contributed by atoms with Gasteiger partial charge in [0.25, 0.3) is 0 Å². The second-order valence-electron chi connectivity index (χ2n) is 7.64. The highest BCUT2D eigenvalue weighted by atomic mass is 16.6. The molecule has 0 bridgehead atoms. The normalized spacial score (nSPS) is 18.3. The molecule has 3 N–H and O–H groups in total. The molecule has 1 fully saturated rings. The summed E-state index contributed by atoms with van der Waals surface area (Å²) in [5.41, 5.74) is 3.35. The summed E-state index contributed by atoms with van der Waals surface area (Å²) in [7, 11) is 1.56. The van der Waals surface area contributed by atoms with Crippen LogP contribution in [0.15, 0.2) is 42.5 Å². The number of aryl methyl sites for hydroxylation is 1. The van der Waals surface area contributed by atoms with Crippen molar-refractivity contribution in [1.82, 2.24) is 20.6 Å². The lowest BCUT2D eigenvalue weighted by atomic mass is 10.0. The average Bonchev–Trinajstić information content (AvgIpc) is 3.21. The number of nitrogens with zero attached hydrogens (tertiary/aromatic N) is 2. The lowest BCUT2D eigenvalue weighted by molar-refractivity contribution is 0.0968. The van der Waals surface area contributed by atoms with Crippen LogP contribution in [0, 0.1) is 6.92 Å². The van der Waals surface area contributed by atoms with Gasteiger partial charge < -0.3 is 25.2 Å². The van der Waals surface area contributed by atoms with Crippen LogP contribution in [0.3, 0.4) is 0 Å². The van der Waals surface area contributed by atoms with Gasteiger partial charge in [-0.05, 0) is 37.1 Å². The molecule has 2 aromatic carbocycles. The predicted octanol–water partition coefficient (Wildman–Crippen LogP) is 3.09. The zero-order chi connectivity index (χ0) is 21.8. The van der Waals surface area contributed by atoms with Crippen LogP contribution in [0.1, 0.15) is 23.7 Å². The molecule has 2 unspecified atom stereocenters. The van der Waals surface area contributed by atoms with Gasteiger partial charge in [0, 0.05) is 25.1 Å². The highest BCUT2D eigenvalue weighted by molar-refractivity contribution is 5.84. The van der Waals surface area contributed by atoms with E-state index in [1.54, 1.807) is 25.3 Å². The number of benzene rings is 2. The quantitative estimate of drug-likeness (QED) is 0.524. The first-order valence-electron chi connectivity index (χ1n) is 10.3. The van der Waals surface area contributed by atoms with E-state index in [9.17, 15) is 9.90 Å². The van der Waals surface area contributed by atoms with E-state index >= 15 is 0 Å². The number of nitrogens with one attached hydrogen (secondary N) is 2. The van der Waals surface area contributed by atoms with Gasteiger partial charge in [0.05, 0.1) is 29.4 Å². The molecule has 31 heavy (non-hydrogen) atoms. The van der Waals surface area contributed by atoms with Crippen molar-refractivity contribution >= 4 is 17.0 Å². The molecule has 1 saturated heterocycles. The third-order valence-corrected chi connectivity index (χ3v) is 5.33. The topological polar surface area (TPSA) is 106 Å². The third kappa shape index (κ3) is 4.76. The summed E-state index contributed by atoms with van der Waals surface area (Å²) in [5, 5.41) is 17.6. The number of ether oxygens (including phenoxy) is 2. The van der Waals surface area contributed by atoms with Gasteiger partial charge in [0.15, 0.2) is 5.82 Å². The SMILES string of the molecule is COCCOC(=O)NC1CNC(c2nc(-c3ccccc3O)nc3cc(C)ccc23)C1. The molecule has 2 atom stereocenters. The van der Waals surface area contributed by atoms with Crippen molar-refractivity contribution in [3.05, 3.63) is 53.7 Å². The number of alkyl carbamates (subject to hydrolysis) is 1. The van der Waals surface area contributed by atoms with E-state index in [2.05, 4.69) is 10.6 Å². The Balaban J connectivity index is 1.61. The number of carbonyl (C=O) groups excluding carboxylic acids is 1. The molecule has 1 aliphatic rings. The van der Waals surface area contributed by atoms with Crippen molar-refractivity contribution in [2.75, 3.05) is 26.9 Å². The molecule has 1 aliphatic heterocycles. The van der Waals surface area contributed by atoms with Crippen LogP contribution in [-0.4, -0.2) is 54.1 Å². The number of amides is 1. The third-order valence-electron chi connectivity index (χ3n) is 5.33. The van der Waals surface area contributed by atoms with Crippen LogP contribution in [0.25, 0.3) is 22.3 Å². The standard InChI is InChI=1S/C23H26N4O4/c1-14-7-8-16-18(11-14)26-22(17-5-3-4-6-20(17)28)27-21(16)19-12-15(13-24-19)25-23(29)31-10-9-30-2/h3-8,11,15,19,24,28H,9-10,12-13H2,1-2H3,(H,25,29). The number of carbonyl (C=O) groups is 1. The number of aromatic hydroxyl groups is 1. The van der Waals surface area contributed by atoms with Gasteiger partial charge >= 0.3 is 6.09 Å². The fraction of sp³-hybridized carbons (Fsp3) is 0.348. The van der Waals surface area contributed by atoms with Crippen molar-refractivity contribution in [1.29, 1.82) is 0 Å². The van der Waals surface area contributed by atoms with E-state index in [4.69, 9.17) is 19.4 Å². The Morgan fingerprint density at radius 2 is 2.06 bits per heavy atom. The predicted molar refractivity (Wildman–Crippen MR) is 117 cm³/mol. The number of hydrogen-bond acceptors (Lipinski definition) is 7. The summed E-state index contributed by atoms with van der Waals surface area (Å²) in [6.07, 6.45) is 0.210. The fourth-order valence-electron chi connectivity index (χ4n) is 3.79. The first-order chi connectivity index (χ1) is 15.0. The Labute approximate surface area is 180 Å². The Morgan fingerprint density at radius 3 is 2.87 bits per heavy atom. The average molecular weight is 422 g/mol. The molecule has 1 aromatic heterocycles. The van der Waals surface area contributed by atoms with E-state index in [-0.39, 0.29) is 24.4 Å². The number of hydrogen-bond donors (Lipinski definition) is 3. The summed E-state index contributed by atoms with van der Waals surface area (Å²) < 4.78 is 10.00. The zero-order valence-corrected chi connectivity index (χ0v) is 17.6. The number of phenolic OH excluding ortho intramolecular Hbond substituents is 1. The van der Waals surface area contributed by atoms with Gasteiger partial charge in [-0.2, -0.15) is 0 Å². The van der Waals surface area contributed by atoms with Crippen LogP contribution in [-0.2, 0) is 9.47 Å². The molecule has 2 heterocycles. The zero-order valence-electron chi connectivity index (χ0n) is 17.6. The molecule has 0 aliphatic carbocycles. The molecule has 3 aromatic rings. The molecule has 0 spiro atoms. The fourth-order valence-corrected chi connectivity index (χ4v) is 3.79. The van der Waals surface area contributed by atoms with Crippen molar-refractivity contribution in [2.24, 2.45) is 0 Å². The lowest BCUT2D eigenvalue weighted by Crippen LogP contribution is -2.37. The Hall–Kier alpha value is -3.23. The number of phenols is 1. The molecule has 4 rings (SSSR count). The van der Waals surface area contributed by atoms with E-state index in [1.165, 1.54) is 0 Å². The minimum absolute atomic E-state index is 0.0675. The van der Waals surface area contributed by atoms with Crippen LogP contribution in [0.4, 0.5) is 4.79 Å². The smallest absolute Gasteiger partial charge is 0.407 e. The maximum Gasteiger partial charge on any atom is 0.407 e. The first kappa shape index (κ1) is 21.0. The number of para-hydroxylation sites is 1.